The van der Waals surface area contributed by atoms with Gasteiger partial charge >= 0.3 is 0 Å². The summed E-state index contributed by atoms with van der Waals surface area (Å²) in [5, 5.41) is 0. The number of nitrogens with zero attached hydrogens (tertiary/aromatic N) is 2. The van der Waals surface area contributed by atoms with E-state index >= 15 is 0 Å². The number of rotatable bonds is 9. The maximum Gasteiger partial charge on any atom is 0.226 e. The molecule has 1 saturated heterocycles. The first-order valence-electron chi connectivity index (χ1n) is 14.1. The van der Waals surface area contributed by atoms with Crippen molar-refractivity contribution in [2.24, 2.45) is 5.92 Å². The highest BCUT2D eigenvalue weighted by atomic mass is 16.5. The van der Waals surface area contributed by atoms with Crippen LogP contribution in [-0.4, -0.2) is 65.2 Å². The number of amides is 1. The molecule has 1 fully saturated rings. The molecule has 0 N–H and O–H groups in total. The minimum absolute atomic E-state index is 0.0462. The molecule has 2 heterocycles. The van der Waals surface area contributed by atoms with Gasteiger partial charge in [0.2, 0.25) is 5.91 Å². The Morgan fingerprint density at radius 3 is 2.07 bits per heavy atom. The van der Waals surface area contributed by atoms with Crippen molar-refractivity contribution in [2.75, 3.05) is 53.0 Å². The van der Waals surface area contributed by atoms with Gasteiger partial charge in [-0.25, -0.2) is 0 Å². The highest BCUT2D eigenvalue weighted by molar-refractivity contribution is 5.80. The smallest absolute Gasteiger partial charge is 0.226 e. The molecule has 0 aliphatic carbocycles. The van der Waals surface area contributed by atoms with Gasteiger partial charge in [0.1, 0.15) is 6.29 Å². The van der Waals surface area contributed by atoms with Gasteiger partial charge in [-0.05, 0) is 90.9 Å². The van der Waals surface area contributed by atoms with Crippen molar-refractivity contribution in [3.05, 3.63) is 76.9 Å². The molecule has 2 aliphatic rings. The maximum atomic E-state index is 14.2. The van der Waals surface area contributed by atoms with Crippen LogP contribution in [0.25, 0.3) is 0 Å². The SMILES string of the molecule is COc1ccc(C[C@H]2c3cc(OC)c(OC)cc3CCN2C(=O)C2CCN(c3ccc(C=O)cc3)CC2)cc1OC. The van der Waals surface area contributed by atoms with Crippen molar-refractivity contribution in [2.45, 2.75) is 31.7 Å². The van der Waals surface area contributed by atoms with Crippen molar-refractivity contribution in [3.63, 3.8) is 0 Å². The van der Waals surface area contributed by atoms with Gasteiger partial charge in [-0.3, -0.25) is 9.59 Å². The molecular formula is C33H38N2O6. The number of anilines is 1. The maximum absolute atomic E-state index is 14.2. The third-order valence-electron chi connectivity index (χ3n) is 8.40. The molecule has 8 heteroatoms. The summed E-state index contributed by atoms with van der Waals surface area (Å²) in [4.78, 5) is 29.6. The molecule has 3 aromatic carbocycles. The predicted octanol–water partition coefficient (Wildman–Crippen LogP) is 5.12. The summed E-state index contributed by atoms with van der Waals surface area (Å²) in [6.07, 6.45) is 3.82. The predicted molar refractivity (Wildman–Crippen MR) is 158 cm³/mol. The van der Waals surface area contributed by atoms with Gasteiger partial charge in [-0.1, -0.05) is 6.07 Å². The van der Waals surface area contributed by atoms with Gasteiger partial charge in [0, 0.05) is 36.8 Å². The molecule has 0 radical (unpaired) electrons. The Balaban J connectivity index is 1.40. The van der Waals surface area contributed by atoms with Crippen LogP contribution in [0.5, 0.6) is 23.0 Å². The molecule has 0 unspecified atom stereocenters. The summed E-state index contributed by atoms with van der Waals surface area (Å²) >= 11 is 0. The lowest BCUT2D eigenvalue weighted by atomic mass is 9.86. The number of carbonyl (C=O) groups excluding carboxylic acids is 2. The van der Waals surface area contributed by atoms with Crippen LogP contribution in [0, 0.1) is 5.92 Å². The first kappa shape index (κ1) is 28.3. The van der Waals surface area contributed by atoms with Crippen LogP contribution in [0.4, 0.5) is 5.69 Å². The van der Waals surface area contributed by atoms with Gasteiger partial charge in [0.15, 0.2) is 23.0 Å². The van der Waals surface area contributed by atoms with E-state index in [0.29, 0.717) is 41.5 Å². The average molecular weight is 559 g/mol. The molecule has 1 atom stereocenters. The molecular weight excluding hydrogens is 520 g/mol. The van der Waals surface area contributed by atoms with E-state index < -0.39 is 0 Å². The molecule has 0 saturated carbocycles. The fourth-order valence-corrected chi connectivity index (χ4v) is 6.13. The summed E-state index contributed by atoms with van der Waals surface area (Å²) in [6.45, 7) is 2.24. The summed E-state index contributed by atoms with van der Waals surface area (Å²) in [5.74, 6) is 2.85. The Labute approximate surface area is 241 Å². The van der Waals surface area contributed by atoms with E-state index in [4.69, 9.17) is 18.9 Å². The largest absolute Gasteiger partial charge is 0.493 e. The second-order valence-corrected chi connectivity index (χ2v) is 10.6. The topological polar surface area (TPSA) is 77.5 Å². The molecule has 3 aromatic rings. The number of benzene rings is 3. The lowest BCUT2D eigenvalue weighted by Crippen LogP contribution is -2.47. The molecule has 1 amide bonds. The molecule has 5 rings (SSSR count). The second-order valence-electron chi connectivity index (χ2n) is 10.6. The molecule has 0 spiro atoms. The van der Waals surface area contributed by atoms with Gasteiger partial charge in [0.25, 0.3) is 0 Å². The zero-order chi connectivity index (χ0) is 28.9. The Kier molecular flexibility index (Phi) is 8.67. The summed E-state index contributed by atoms with van der Waals surface area (Å²) in [6, 6.07) is 17.5. The number of fused-ring (bicyclic) bond motifs is 1. The number of hydrogen-bond acceptors (Lipinski definition) is 7. The van der Waals surface area contributed by atoms with Crippen LogP contribution in [0.15, 0.2) is 54.6 Å². The van der Waals surface area contributed by atoms with Crippen LogP contribution in [0.3, 0.4) is 0 Å². The van der Waals surface area contributed by atoms with E-state index in [1.54, 1.807) is 28.4 Å². The van der Waals surface area contributed by atoms with E-state index in [-0.39, 0.29) is 17.9 Å². The van der Waals surface area contributed by atoms with Gasteiger partial charge in [-0.2, -0.15) is 0 Å². The second kappa shape index (κ2) is 12.5. The first-order chi connectivity index (χ1) is 20.0. The minimum atomic E-state index is -0.155. The molecule has 216 valence electrons. The number of aldehydes is 1. The van der Waals surface area contributed by atoms with E-state index in [1.807, 2.05) is 54.6 Å². The summed E-state index contributed by atoms with van der Waals surface area (Å²) in [7, 11) is 6.54. The third-order valence-corrected chi connectivity index (χ3v) is 8.40. The summed E-state index contributed by atoms with van der Waals surface area (Å²) < 4.78 is 22.3. The van der Waals surface area contributed by atoms with Crippen LogP contribution in [-0.2, 0) is 17.6 Å². The fourth-order valence-electron chi connectivity index (χ4n) is 6.13. The standard InChI is InChI=1S/C33H38N2O6/c1-38-29-10-7-23(18-30(29)39-2)17-28-27-20-32(41-4)31(40-3)19-25(27)13-16-35(28)33(37)24-11-14-34(15-12-24)26-8-5-22(21-36)6-9-26/h5-10,18-21,24,28H,11-17H2,1-4H3/t28-/m0/s1. The van der Waals surface area contributed by atoms with Crippen molar-refractivity contribution in [3.8, 4) is 23.0 Å². The molecule has 0 bridgehead atoms. The number of piperidine rings is 1. The average Bonchev–Trinajstić information content (AvgIpc) is 3.03. The zero-order valence-corrected chi connectivity index (χ0v) is 24.2. The van der Waals surface area contributed by atoms with Crippen molar-refractivity contribution < 1.29 is 28.5 Å². The van der Waals surface area contributed by atoms with Crippen molar-refractivity contribution in [1.29, 1.82) is 0 Å². The third kappa shape index (κ3) is 5.82. The number of hydrogen-bond donors (Lipinski definition) is 0. The normalized spacial score (nSPS) is 17.0. The number of carbonyl (C=O) groups is 2. The minimum Gasteiger partial charge on any atom is -0.493 e. The summed E-state index contributed by atoms with van der Waals surface area (Å²) in [5.41, 5.74) is 5.07. The molecule has 8 nitrogen and oxygen atoms in total. The van der Waals surface area contributed by atoms with Crippen LogP contribution >= 0.6 is 0 Å². The van der Waals surface area contributed by atoms with Gasteiger partial charge < -0.3 is 28.7 Å². The Morgan fingerprint density at radius 1 is 0.805 bits per heavy atom. The number of ether oxygens (including phenoxy) is 4. The quantitative estimate of drug-likeness (QED) is 0.338. The fraction of sp³-hybridized carbons (Fsp3) is 0.394. The van der Waals surface area contributed by atoms with E-state index in [2.05, 4.69) is 9.80 Å². The lowest BCUT2D eigenvalue weighted by Gasteiger charge is -2.41. The Hall–Kier alpha value is -4.20. The van der Waals surface area contributed by atoms with E-state index in [0.717, 1.165) is 55.5 Å². The van der Waals surface area contributed by atoms with Crippen LogP contribution < -0.4 is 23.8 Å². The molecule has 0 aromatic heterocycles. The highest BCUT2D eigenvalue weighted by Gasteiger charge is 2.36. The Morgan fingerprint density at radius 2 is 1.44 bits per heavy atom. The van der Waals surface area contributed by atoms with Crippen LogP contribution in [0.1, 0.15) is 45.9 Å². The van der Waals surface area contributed by atoms with E-state index in [9.17, 15) is 9.59 Å². The van der Waals surface area contributed by atoms with E-state index in [1.165, 1.54) is 5.56 Å². The van der Waals surface area contributed by atoms with Crippen LogP contribution in [0.2, 0.25) is 0 Å². The zero-order valence-electron chi connectivity index (χ0n) is 24.2. The number of methoxy groups -OCH3 is 4. The van der Waals surface area contributed by atoms with Gasteiger partial charge in [0.05, 0.1) is 34.5 Å². The monoisotopic (exact) mass is 558 g/mol. The molecule has 2 aliphatic heterocycles. The highest BCUT2D eigenvalue weighted by Crippen LogP contribution is 2.41. The van der Waals surface area contributed by atoms with Crippen molar-refractivity contribution >= 4 is 17.9 Å². The van der Waals surface area contributed by atoms with Gasteiger partial charge in [-0.15, -0.1) is 0 Å². The van der Waals surface area contributed by atoms with Crippen molar-refractivity contribution in [1.82, 2.24) is 4.90 Å². The Bertz CT molecular complexity index is 1380. The molecule has 41 heavy (non-hydrogen) atoms. The first-order valence-corrected chi connectivity index (χ1v) is 14.1. The lowest BCUT2D eigenvalue weighted by molar-refractivity contribution is -0.139.